The van der Waals surface area contributed by atoms with Gasteiger partial charge in [0.05, 0.1) is 6.54 Å². The summed E-state index contributed by atoms with van der Waals surface area (Å²) in [5, 5.41) is 12.8. The number of aliphatic imine (C=N–C) groups is 1. The summed E-state index contributed by atoms with van der Waals surface area (Å²) in [5.74, 6) is 2.63. The van der Waals surface area contributed by atoms with Gasteiger partial charge in [-0.15, -0.1) is 24.0 Å². The van der Waals surface area contributed by atoms with E-state index in [1.165, 1.54) is 16.5 Å². The molecular weight excluding hydrogens is 493 g/mol. The van der Waals surface area contributed by atoms with Gasteiger partial charge in [0.2, 0.25) is 0 Å². The highest BCUT2D eigenvalue weighted by atomic mass is 127. The monoisotopic (exact) mass is 523 g/mol. The molecule has 0 fully saturated rings. The second-order valence-electron chi connectivity index (χ2n) is 7.40. The van der Waals surface area contributed by atoms with Crippen LogP contribution in [-0.4, -0.2) is 52.5 Å². The average Bonchev–Trinajstić information content (AvgIpc) is 3.33. The maximum absolute atomic E-state index is 5.13. The van der Waals surface area contributed by atoms with Crippen LogP contribution in [0.4, 0.5) is 0 Å². The van der Waals surface area contributed by atoms with Gasteiger partial charge >= 0.3 is 0 Å². The molecule has 0 aliphatic carbocycles. The molecule has 1 unspecified atom stereocenters. The SMILES string of the molecule is CN=C(NCCCc1c[nH]c2ccccc12)NC1CCc2nc(COC)nn2C1.I. The highest BCUT2D eigenvalue weighted by Gasteiger charge is 2.22. The summed E-state index contributed by atoms with van der Waals surface area (Å²) < 4.78 is 7.12. The van der Waals surface area contributed by atoms with E-state index in [0.29, 0.717) is 12.6 Å². The molecule has 1 aliphatic heterocycles. The Bertz CT molecular complexity index is 981. The van der Waals surface area contributed by atoms with Crippen molar-refractivity contribution in [3.63, 3.8) is 0 Å². The molecule has 2 aromatic heterocycles. The Hall–Kier alpha value is -2.14. The van der Waals surface area contributed by atoms with Crippen molar-refractivity contribution < 1.29 is 4.74 Å². The Morgan fingerprint density at radius 3 is 3.07 bits per heavy atom. The molecule has 0 radical (unpaired) electrons. The molecule has 0 amide bonds. The average molecular weight is 523 g/mol. The number of halogens is 1. The van der Waals surface area contributed by atoms with E-state index in [9.17, 15) is 0 Å². The minimum atomic E-state index is 0. The maximum atomic E-state index is 5.13. The number of nitrogens with zero attached hydrogens (tertiary/aromatic N) is 4. The lowest BCUT2D eigenvalue weighted by Gasteiger charge is -2.25. The Kier molecular flexibility index (Phi) is 8.08. The zero-order valence-corrected chi connectivity index (χ0v) is 19.8. The summed E-state index contributed by atoms with van der Waals surface area (Å²) in [6.07, 6.45) is 6.11. The summed E-state index contributed by atoms with van der Waals surface area (Å²) in [6, 6.07) is 8.73. The van der Waals surface area contributed by atoms with Crippen molar-refractivity contribution in [3.8, 4) is 0 Å². The van der Waals surface area contributed by atoms with E-state index in [0.717, 1.165) is 56.4 Å². The molecule has 0 spiro atoms. The predicted octanol–water partition coefficient (Wildman–Crippen LogP) is 2.64. The Balaban J connectivity index is 0.00000256. The molecule has 1 atom stereocenters. The first kappa shape index (κ1) is 22.5. The summed E-state index contributed by atoms with van der Waals surface area (Å²) in [7, 11) is 3.48. The van der Waals surface area contributed by atoms with Gasteiger partial charge in [-0.05, 0) is 30.9 Å². The zero-order chi connectivity index (χ0) is 20.1. The number of aryl methyl sites for hydroxylation is 2. The standard InChI is InChI=1S/C21H29N7O.HI/c1-22-21(23-11-5-6-15-12-24-18-8-4-3-7-17(15)18)25-16-9-10-20-26-19(14-29-2)27-28(20)13-16;/h3-4,7-8,12,16,24H,5-6,9-11,13-14H2,1-2H3,(H2,22,23,25);1H. The van der Waals surface area contributed by atoms with Gasteiger partial charge in [0.15, 0.2) is 11.8 Å². The molecule has 30 heavy (non-hydrogen) atoms. The van der Waals surface area contributed by atoms with E-state index >= 15 is 0 Å². The van der Waals surface area contributed by atoms with Crippen LogP contribution in [0.1, 0.15) is 30.1 Å². The Morgan fingerprint density at radius 1 is 1.37 bits per heavy atom. The van der Waals surface area contributed by atoms with E-state index in [1.54, 1.807) is 7.11 Å². The minimum Gasteiger partial charge on any atom is -0.377 e. The van der Waals surface area contributed by atoms with Crippen molar-refractivity contribution in [1.29, 1.82) is 0 Å². The second-order valence-corrected chi connectivity index (χ2v) is 7.40. The van der Waals surface area contributed by atoms with Gasteiger partial charge in [-0.25, -0.2) is 9.67 Å². The molecule has 3 heterocycles. The second kappa shape index (κ2) is 10.8. The molecule has 0 saturated carbocycles. The van der Waals surface area contributed by atoms with Crippen molar-refractivity contribution in [1.82, 2.24) is 30.4 Å². The van der Waals surface area contributed by atoms with E-state index in [-0.39, 0.29) is 24.0 Å². The number of H-pyrrole nitrogens is 1. The third-order valence-corrected chi connectivity index (χ3v) is 5.33. The minimum absolute atomic E-state index is 0. The number of aromatic amines is 1. The van der Waals surface area contributed by atoms with Gasteiger partial charge in [-0.1, -0.05) is 18.2 Å². The quantitative estimate of drug-likeness (QED) is 0.192. The number of hydrogen-bond acceptors (Lipinski definition) is 4. The van der Waals surface area contributed by atoms with Gasteiger partial charge in [-0.2, -0.15) is 5.10 Å². The maximum Gasteiger partial charge on any atom is 0.191 e. The number of benzene rings is 1. The molecule has 0 saturated heterocycles. The van der Waals surface area contributed by atoms with Crippen molar-refractivity contribution >= 4 is 40.8 Å². The fourth-order valence-electron chi connectivity index (χ4n) is 3.88. The van der Waals surface area contributed by atoms with Crippen LogP contribution in [-0.2, 0) is 30.7 Å². The molecular formula is C21H30IN7O. The van der Waals surface area contributed by atoms with Crippen LogP contribution >= 0.6 is 24.0 Å². The summed E-state index contributed by atoms with van der Waals surface area (Å²) in [6.45, 7) is 2.12. The number of para-hydroxylation sites is 1. The summed E-state index contributed by atoms with van der Waals surface area (Å²) in [5.41, 5.74) is 2.56. The first-order valence-electron chi connectivity index (χ1n) is 10.2. The molecule has 1 aliphatic rings. The number of guanidine groups is 1. The number of ether oxygens (including phenoxy) is 1. The van der Waals surface area contributed by atoms with Crippen LogP contribution < -0.4 is 10.6 Å². The normalized spacial score (nSPS) is 16.2. The number of fused-ring (bicyclic) bond motifs is 2. The van der Waals surface area contributed by atoms with Crippen LogP contribution in [0.15, 0.2) is 35.5 Å². The molecule has 8 nitrogen and oxygen atoms in total. The van der Waals surface area contributed by atoms with E-state index in [2.05, 4.69) is 61.2 Å². The van der Waals surface area contributed by atoms with Gasteiger partial charge in [0.25, 0.3) is 0 Å². The lowest BCUT2D eigenvalue weighted by molar-refractivity contribution is 0.177. The van der Waals surface area contributed by atoms with Crippen LogP contribution in [0.3, 0.4) is 0 Å². The highest BCUT2D eigenvalue weighted by molar-refractivity contribution is 14.0. The fraction of sp³-hybridized carbons (Fsp3) is 0.476. The third kappa shape index (κ3) is 5.31. The van der Waals surface area contributed by atoms with Crippen molar-refractivity contribution in [3.05, 3.63) is 47.7 Å². The number of methoxy groups -OCH3 is 1. The molecule has 9 heteroatoms. The predicted molar refractivity (Wildman–Crippen MR) is 129 cm³/mol. The van der Waals surface area contributed by atoms with E-state index < -0.39 is 0 Å². The van der Waals surface area contributed by atoms with Gasteiger partial charge < -0.3 is 20.4 Å². The summed E-state index contributed by atoms with van der Waals surface area (Å²) >= 11 is 0. The van der Waals surface area contributed by atoms with Crippen LogP contribution in [0.25, 0.3) is 10.9 Å². The van der Waals surface area contributed by atoms with Crippen LogP contribution in [0.5, 0.6) is 0 Å². The molecule has 162 valence electrons. The number of nitrogens with one attached hydrogen (secondary N) is 3. The van der Waals surface area contributed by atoms with E-state index in [1.807, 2.05) is 11.7 Å². The summed E-state index contributed by atoms with van der Waals surface area (Å²) in [4.78, 5) is 12.3. The van der Waals surface area contributed by atoms with Gasteiger partial charge in [-0.3, -0.25) is 4.99 Å². The highest BCUT2D eigenvalue weighted by Crippen LogP contribution is 2.18. The number of hydrogen-bond donors (Lipinski definition) is 3. The zero-order valence-electron chi connectivity index (χ0n) is 17.5. The third-order valence-electron chi connectivity index (χ3n) is 5.33. The van der Waals surface area contributed by atoms with Gasteiger partial charge in [0.1, 0.15) is 12.4 Å². The first-order valence-corrected chi connectivity index (χ1v) is 10.2. The van der Waals surface area contributed by atoms with Crippen molar-refractivity contribution in [2.75, 3.05) is 20.7 Å². The topological polar surface area (TPSA) is 92.2 Å². The molecule has 3 N–H and O–H groups in total. The molecule has 1 aromatic carbocycles. The number of rotatable bonds is 7. The lowest BCUT2D eigenvalue weighted by Crippen LogP contribution is -2.47. The van der Waals surface area contributed by atoms with Crippen molar-refractivity contribution in [2.24, 2.45) is 4.99 Å². The molecule has 4 rings (SSSR count). The Morgan fingerprint density at radius 2 is 2.23 bits per heavy atom. The first-order chi connectivity index (χ1) is 14.3. The number of aromatic nitrogens is 4. The van der Waals surface area contributed by atoms with Crippen LogP contribution in [0.2, 0.25) is 0 Å². The lowest BCUT2D eigenvalue weighted by atomic mass is 10.1. The van der Waals surface area contributed by atoms with E-state index in [4.69, 9.17) is 4.74 Å². The van der Waals surface area contributed by atoms with Crippen LogP contribution in [0, 0.1) is 0 Å². The largest absolute Gasteiger partial charge is 0.377 e. The molecule has 3 aromatic rings. The Labute approximate surface area is 193 Å². The van der Waals surface area contributed by atoms with Gasteiger partial charge in [0, 0.05) is 50.3 Å². The fourth-order valence-corrected chi connectivity index (χ4v) is 3.88. The smallest absolute Gasteiger partial charge is 0.191 e. The molecule has 0 bridgehead atoms. The van der Waals surface area contributed by atoms with Crippen molar-refractivity contribution in [2.45, 2.75) is 44.9 Å².